The van der Waals surface area contributed by atoms with Crippen molar-refractivity contribution >= 4 is 17.2 Å². The maximum atomic E-state index is 12.4. The standard InChI is InChI=1S/C14H18N2OS/c1-2-11-9-12(13(10-15)18-11)14(17)16-7-5-3-4-6-8-16/h9H,2-8H2,1H3. The Hall–Kier alpha value is -1.34. The topological polar surface area (TPSA) is 44.1 Å². The number of nitriles is 1. The lowest BCUT2D eigenvalue weighted by Gasteiger charge is -2.19. The molecule has 1 amide bonds. The molecule has 2 heterocycles. The summed E-state index contributed by atoms with van der Waals surface area (Å²) in [5.41, 5.74) is 0.612. The molecule has 0 aromatic carbocycles. The lowest BCUT2D eigenvalue weighted by molar-refractivity contribution is 0.0762. The zero-order valence-corrected chi connectivity index (χ0v) is 11.6. The Bertz CT molecular complexity index is 465. The van der Waals surface area contributed by atoms with E-state index in [0.717, 1.165) is 37.2 Å². The average Bonchev–Trinajstić information content (AvgIpc) is 2.63. The van der Waals surface area contributed by atoms with Crippen molar-refractivity contribution in [3.05, 3.63) is 21.4 Å². The zero-order chi connectivity index (χ0) is 13.0. The third kappa shape index (κ3) is 2.73. The SMILES string of the molecule is CCc1cc(C(=O)N2CCCCCC2)c(C#N)s1. The lowest BCUT2D eigenvalue weighted by Crippen LogP contribution is -2.31. The molecule has 1 fully saturated rings. The molecule has 1 aliphatic rings. The first-order valence-corrected chi connectivity index (χ1v) is 7.40. The average molecular weight is 262 g/mol. The van der Waals surface area contributed by atoms with Gasteiger partial charge in [0.05, 0.1) is 5.56 Å². The smallest absolute Gasteiger partial charge is 0.256 e. The largest absolute Gasteiger partial charge is 0.339 e. The van der Waals surface area contributed by atoms with E-state index in [9.17, 15) is 4.79 Å². The molecule has 1 aromatic heterocycles. The first-order chi connectivity index (χ1) is 8.76. The molecule has 0 aliphatic carbocycles. The van der Waals surface area contributed by atoms with Gasteiger partial charge in [-0.25, -0.2) is 0 Å². The molecule has 96 valence electrons. The second-order valence-electron chi connectivity index (χ2n) is 4.63. The molecule has 3 nitrogen and oxygen atoms in total. The van der Waals surface area contributed by atoms with Crippen molar-refractivity contribution in [1.29, 1.82) is 5.26 Å². The van der Waals surface area contributed by atoms with Crippen LogP contribution in [-0.2, 0) is 6.42 Å². The molecule has 0 unspecified atom stereocenters. The minimum atomic E-state index is 0.0457. The van der Waals surface area contributed by atoms with E-state index in [1.807, 2.05) is 17.9 Å². The summed E-state index contributed by atoms with van der Waals surface area (Å²) in [6.45, 7) is 3.72. The van der Waals surface area contributed by atoms with Gasteiger partial charge < -0.3 is 4.90 Å². The van der Waals surface area contributed by atoms with Gasteiger partial charge >= 0.3 is 0 Å². The first-order valence-electron chi connectivity index (χ1n) is 6.58. The van der Waals surface area contributed by atoms with Gasteiger partial charge in [0.1, 0.15) is 10.9 Å². The number of hydrogen-bond acceptors (Lipinski definition) is 3. The number of aryl methyl sites for hydroxylation is 1. The van der Waals surface area contributed by atoms with Gasteiger partial charge in [-0.3, -0.25) is 4.79 Å². The van der Waals surface area contributed by atoms with E-state index in [1.54, 1.807) is 0 Å². The Kier molecular flexibility index (Phi) is 4.38. The summed E-state index contributed by atoms with van der Waals surface area (Å²) in [6, 6.07) is 4.06. The summed E-state index contributed by atoms with van der Waals surface area (Å²) in [5, 5.41) is 9.12. The third-order valence-corrected chi connectivity index (χ3v) is 4.54. The molecule has 18 heavy (non-hydrogen) atoms. The second kappa shape index (κ2) is 6.01. The number of thiophene rings is 1. The Morgan fingerprint density at radius 2 is 2.06 bits per heavy atom. The van der Waals surface area contributed by atoms with Crippen LogP contribution in [-0.4, -0.2) is 23.9 Å². The van der Waals surface area contributed by atoms with Crippen LogP contribution in [0, 0.1) is 11.3 Å². The van der Waals surface area contributed by atoms with Crippen molar-refractivity contribution in [2.45, 2.75) is 39.0 Å². The molecule has 0 bridgehead atoms. The van der Waals surface area contributed by atoms with Crippen LogP contribution in [0.4, 0.5) is 0 Å². The van der Waals surface area contributed by atoms with E-state index >= 15 is 0 Å². The van der Waals surface area contributed by atoms with Crippen LogP contribution in [0.5, 0.6) is 0 Å². The van der Waals surface area contributed by atoms with E-state index in [4.69, 9.17) is 5.26 Å². The molecule has 0 spiro atoms. The molecular weight excluding hydrogens is 244 g/mol. The molecule has 1 saturated heterocycles. The molecular formula is C14H18N2OS. The Morgan fingerprint density at radius 1 is 1.39 bits per heavy atom. The van der Waals surface area contributed by atoms with E-state index in [0.29, 0.717) is 10.4 Å². The van der Waals surface area contributed by atoms with Gasteiger partial charge in [-0.2, -0.15) is 5.26 Å². The molecule has 1 aliphatic heterocycles. The highest BCUT2D eigenvalue weighted by Crippen LogP contribution is 2.24. The number of amides is 1. The fourth-order valence-corrected chi connectivity index (χ4v) is 3.19. The predicted octanol–water partition coefficient (Wildman–Crippen LogP) is 3.20. The number of hydrogen-bond donors (Lipinski definition) is 0. The molecule has 0 saturated carbocycles. The van der Waals surface area contributed by atoms with E-state index in [-0.39, 0.29) is 5.91 Å². The van der Waals surface area contributed by atoms with Crippen molar-refractivity contribution in [1.82, 2.24) is 4.90 Å². The number of likely N-dealkylation sites (tertiary alicyclic amines) is 1. The molecule has 0 atom stereocenters. The summed E-state index contributed by atoms with van der Waals surface area (Å²) >= 11 is 1.45. The Balaban J connectivity index is 2.21. The normalized spacial score (nSPS) is 16.1. The van der Waals surface area contributed by atoms with Crippen LogP contribution >= 0.6 is 11.3 Å². The van der Waals surface area contributed by atoms with E-state index in [1.165, 1.54) is 24.2 Å². The van der Waals surface area contributed by atoms with Crippen LogP contribution in [0.1, 0.15) is 52.7 Å². The summed E-state index contributed by atoms with van der Waals surface area (Å²) in [7, 11) is 0. The van der Waals surface area contributed by atoms with Crippen molar-refractivity contribution in [2.75, 3.05) is 13.1 Å². The molecule has 0 radical (unpaired) electrons. The van der Waals surface area contributed by atoms with Gasteiger partial charge in [-0.1, -0.05) is 19.8 Å². The van der Waals surface area contributed by atoms with E-state index < -0.39 is 0 Å². The molecule has 4 heteroatoms. The monoisotopic (exact) mass is 262 g/mol. The van der Waals surface area contributed by atoms with Crippen LogP contribution in [0.3, 0.4) is 0 Å². The highest BCUT2D eigenvalue weighted by Gasteiger charge is 2.22. The van der Waals surface area contributed by atoms with Crippen molar-refractivity contribution in [3.63, 3.8) is 0 Å². The highest BCUT2D eigenvalue weighted by molar-refractivity contribution is 7.12. The Labute approximate surface area is 112 Å². The highest BCUT2D eigenvalue weighted by atomic mass is 32.1. The summed E-state index contributed by atoms with van der Waals surface area (Å²) < 4.78 is 0. The van der Waals surface area contributed by atoms with Gasteiger partial charge in [0, 0.05) is 18.0 Å². The van der Waals surface area contributed by atoms with Crippen LogP contribution in [0.2, 0.25) is 0 Å². The van der Waals surface area contributed by atoms with E-state index in [2.05, 4.69) is 6.07 Å². The molecule has 0 N–H and O–H groups in total. The minimum absolute atomic E-state index is 0.0457. The van der Waals surface area contributed by atoms with Gasteiger partial charge in [0.15, 0.2) is 0 Å². The number of nitrogens with zero attached hydrogens (tertiary/aromatic N) is 2. The predicted molar refractivity (Wildman–Crippen MR) is 72.8 cm³/mol. The summed E-state index contributed by atoms with van der Waals surface area (Å²) in [4.78, 5) is 16.0. The van der Waals surface area contributed by atoms with Gasteiger partial charge in [-0.15, -0.1) is 11.3 Å². The number of carbonyl (C=O) groups is 1. The minimum Gasteiger partial charge on any atom is -0.339 e. The van der Waals surface area contributed by atoms with Crippen molar-refractivity contribution in [2.24, 2.45) is 0 Å². The fourth-order valence-electron chi connectivity index (χ4n) is 2.30. The zero-order valence-electron chi connectivity index (χ0n) is 10.7. The van der Waals surface area contributed by atoms with Crippen LogP contribution in [0.25, 0.3) is 0 Å². The summed E-state index contributed by atoms with van der Waals surface area (Å²) in [6.07, 6.45) is 5.46. The first kappa shape index (κ1) is 13.1. The fraction of sp³-hybridized carbons (Fsp3) is 0.571. The quantitative estimate of drug-likeness (QED) is 0.821. The maximum Gasteiger partial charge on any atom is 0.256 e. The van der Waals surface area contributed by atoms with Crippen LogP contribution < -0.4 is 0 Å². The number of rotatable bonds is 2. The number of carbonyl (C=O) groups excluding carboxylic acids is 1. The second-order valence-corrected chi connectivity index (χ2v) is 5.76. The van der Waals surface area contributed by atoms with Crippen LogP contribution in [0.15, 0.2) is 6.07 Å². The summed E-state index contributed by atoms with van der Waals surface area (Å²) in [5.74, 6) is 0.0457. The van der Waals surface area contributed by atoms with Gasteiger partial charge in [0.2, 0.25) is 0 Å². The van der Waals surface area contributed by atoms with Gasteiger partial charge in [0.25, 0.3) is 5.91 Å². The Morgan fingerprint density at radius 3 is 2.61 bits per heavy atom. The third-order valence-electron chi connectivity index (χ3n) is 3.36. The van der Waals surface area contributed by atoms with Crippen molar-refractivity contribution in [3.8, 4) is 6.07 Å². The maximum absolute atomic E-state index is 12.4. The molecule has 2 rings (SSSR count). The lowest BCUT2D eigenvalue weighted by atomic mass is 10.2. The molecule has 1 aromatic rings. The van der Waals surface area contributed by atoms with Crippen molar-refractivity contribution < 1.29 is 4.79 Å². The van der Waals surface area contributed by atoms with Gasteiger partial charge in [-0.05, 0) is 25.3 Å².